The molecule has 1 aliphatic carbocycles. The van der Waals surface area contributed by atoms with Gasteiger partial charge >= 0.3 is 6.18 Å². The molecule has 0 aromatic carbocycles. The van der Waals surface area contributed by atoms with Crippen molar-refractivity contribution >= 4 is 0 Å². The first-order chi connectivity index (χ1) is 8.60. The Labute approximate surface area is 113 Å². The molecule has 5 heteroatoms. The van der Waals surface area contributed by atoms with Crippen LogP contribution in [-0.4, -0.2) is 29.5 Å². The first-order valence-electron chi connectivity index (χ1n) is 7.12. The van der Waals surface area contributed by atoms with E-state index in [9.17, 15) is 18.3 Å². The second kappa shape index (κ2) is 6.44. The van der Waals surface area contributed by atoms with E-state index in [1.165, 1.54) is 0 Å². The van der Waals surface area contributed by atoms with Gasteiger partial charge in [-0.2, -0.15) is 13.2 Å². The molecule has 0 bridgehead atoms. The topological polar surface area (TPSA) is 32.3 Å². The normalized spacial score (nSPS) is 28.4. The summed E-state index contributed by atoms with van der Waals surface area (Å²) in [5, 5.41) is 13.3. The van der Waals surface area contributed by atoms with Gasteiger partial charge in [-0.15, -0.1) is 0 Å². The molecule has 0 aromatic heterocycles. The Morgan fingerprint density at radius 3 is 2.42 bits per heavy atom. The molecule has 0 heterocycles. The van der Waals surface area contributed by atoms with Crippen LogP contribution in [0.25, 0.3) is 0 Å². The van der Waals surface area contributed by atoms with Crippen molar-refractivity contribution in [3.8, 4) is 0 Å². The third-order valence-electron chi connectivity index (χ3n) is 3.76. The van der Waals surface area contributed by atoms with E-state index in [-0.39, 0.29) is 18.9 Å². The summed E-state index contributed by atoms with van der Waals surface area (Å²) < 4.78 is 38.1. The summed E-state index contributed by atoms with van der Waals surface area (Å²) in [6.45, 7) is 6.15. The number of rotatable bonds is 5. The van der Waals surface area contributed by atoms with Crippen LogP contribution >= 0.6 is 0 Å². The summed E-state index contributed by atoms with van der Waals surface area (Å²) in [4.78, 5) is 0. The predicted octanol–water partition coefficient (Wildman–Crippen LogP) is 3.49. The molecule has 0 radical (unpaired) electrons. The van der Waals surface area contributed by atoms with Crippen LogP contribution in [0.1, 0.15) is 52.9 Å². The molecule has 1 saturated carbocycles. The molecule has 0 amide bonds. The number of alkyl halides is 3. The van der Waals surface area contributed by atoms with Crippen LogP contribution in [0.15, 0.2) is 0 Å². The maximum absolute atomic E-state index is 12.7. The molecule has 19 heavy (non-hydrogen) atoms. The van der Waals surface area contributed by atoms with Gasteiger partial charge in [0, 0.05) is 12.6 Å². The lowest BCUT2D eigenvalue weighted by atomic mass is 9.84. The number of hydrogen-bond donors (Lipinski definition) is 2. The van der Waals surface area contributed by atoms with Crippen molar-refractivity contribution in [2.75, 3.05) is 6.54 Å². The van der Waals surface area contributed by atoms with Crippen LogP contribution in [0.4, 0.5) is 13.2 Å². The number of hydrogen-bond acceptors (Lipinski definition) is 2. The van der Waals surface area contributed by atoms with Gasteiger partial charge in [0.25, 0.3) is 0 Å². The lowest BCUT2D eigenvalue weighted by Crippen LogP contribution is -2.46. The second-order valence-corrected chi connectivity index (χ2v) is 6.58. The van der Waals surface area contributed by atoms with Gasteiger partial charge in [0.2, 0.25) is 0 Å². The smallest absolute Gasteiger partial charge is 0.389 e. The van der Waals surface area contributed by atoms with Gasteiger partial charge in [-0.1, -0.05) is 20.3 Å². The largest absolute Gasteiger partial charge is 0.391 e. The van der Waals surface area contributed by atoms with Crippen LogP contribution in [-0.2, 0) is 0 Å². The Morgan fingerprint density at radius 2 is 1.89 bits per heavy atom. The SMILES string of the molecule is CC(C)CC(C)(O)CNC1CCCC(C(F)(F)F)C1. The average Bonchev–Trinajstić information content (AvgIpc) is 2.24. The maximum Gasteiger partial charge on any atom is 0.391 e. The van der Waals surface area contributed by atoms with E-state index >= 15 is 0 Å². The van der Waals surface area contributed by atoms with Crippen LogP contribution < -0.4 is 5.32 Å². The molecule has 1 rings (SSSR count). The summed E-state index contributed by atoms with van der Waals surface area (Å²) in [6, 6.07) is -0.126. The molecule has 114 valence electrons. The highest BCUT2D eigenvalue weighted by molar-refractivity contribution is 4.85. The van der Waals surface area contributed by atoms with Gasteiger partial charge < -0.3 is 10.4 Å². The Kier molecular flexibility index (Phi) is 5.68. The molecular formula is C14H26F3NO. The molecule has 0 spiro atoms. The van der Waals surface area contributed by atoms with Crippen molar-refractivity contribution in [2.45, 2.75) is 70.7 Å². The summed E-state index contributed by atoms with van der Waals surface area (Å²) in [6.07, 6.45) is -1.68. The van der Waals surface area contributed by atoms with E-state index in [1.807, 2.05) is 13.8 Å². The molecule has 0 saturated heterocycles. The van der Waals surface area contributed by atoms with Crippen molar-refractivity contribution in [1.29, 1.82) is 0 Å². The summed E-state index contributed by atoms with van der Waals surface area (Å²) in [7, 11) is 0. The fourth-order valence-electron chi connectivity index (χ4n) is 2.99. The van der Waals surface area contributed by atoms with E-state index in [4.69, 9.17) is 0 Å². The fourth-order valence-corrected chi connectivity index (χ4v) is 2.99. The maximum atomic E-state index is 12.7. The summed E-state index contributed by atoms with van der Waals surface area (Å²) >= 11 is 0. The molecule has 0 aliphatic heterocycles. The molecule has 3 atom stereocenters. The molecule has 2 N–H and O–H groups in total. The predicted molar refractivity (Wildman–Crippen MR) is 69.9 cm³/mol. The minimum absolute atomic E-state index is 0.126. The zero-order chi connectivity index (χ0) is 14.7. The molecular weight excluding hydrogens is 255 g/mol. The van der Waals surface area contributed by atoms with Crippen LogP contribution in [0, 0.1) is 11.8 Å². The average molecular weight is 281 g/mol. The fraction of sp³-hybridized carbons (Fsp3) is 1.00. The number of aliphatic hydroxyl groups is 1. The summed E-state index contributed by atoms with van der Waals surface area (Å²) in [5.74, 6) is -0.820. The molecule has 2 nitrogen and oxygen atoms in total. The minimum atomic E-state index is -4.08. The zero-order valence-corrected chi connectivity index (χ0v) is 12.1. The van der Waals surface area contributed by atoms with E-state index < -0.39 is 17.7 Å². The number of halogens is 3. The van der Waals surface area contributed by atoms with Gasteiger partial charge in [-0.3, -0.25) is 0 Å². The molecule has 3 unspecified atom stereocenters. The standard InChI is InChI=1S/C14H26F3NO/c1-10(2)8-13(3,19)9-18-12-6-4-5-11(7-12)14(15,16)17/h10-12,18-19H,4-9H2,1-3H3. The lowest BCUT2D eigenvalue weighted by molar-refractivity contribution is -0.183. The van der Waals surface area contributed by atoms with E-state index in [1.54, 1.807) is 6.92 Å². The Balaban J connectivity index is 2.41. The molecule has 1 aliphatic rings. The molecule has 1 fully saturated rings. The van der Waals surface area contributed by atoms with E-state index in [2.05, 4.69) is 5.32 Å². The second-order valence-electron chi connectivity index (χ2n) is 6.58. The van der Waals surface area contributed by atoms with Crippen molar-refractivity contribution in [3.05, 3.63) is 0 Å². The third kappa shape index (κ3) is 6.13. The van der Waals surface area contributed by atoms with Crippen LogP contribution in [0.2, 0.25) is 0 Å². The van der Waals surface area contributed by atoms with Crippen molar-refractivity contribution < 1.29 is 18.3 Å². The monoisotopic (exact) mass is 281 g/mol. The van der Waals surface area contributed by atoms with Gasteiger partial charge in [0.15, 0.2) is 0 Å². The summed E-state index contributed by atoms with van der Waals surface area (Å²) in [5.41, 5.74) is -0.848. The quantitative estimate of drug-likeness (QED) is 0.808. The van der Waals surface area contributed by atoms with E-state index in [0.29, 0.717) is 25.3 Å². The highest BCUT2D eigenvalue weighted by atomic mass is 19.4. The van der Waals surface area contributed by atoms with Gasteiger partial charge in [-0.05, 0) is 38.5 Å². The van der Waals surface area contributed by atoms with Crippen molar-refractivity contribution in [2.24, 2.45) is 11.8 Å². The first-order valence-corrected chi connectivity index (χ1v) is 7.12. The minimum Gasteiger partial charge on any atom is -0.389 e. The lowest BCUT2D eigenvalue weighted by Gasteiger charge is -2.34. The van der Waals surface area contributed by atoms with E-state index in [0.717, 1.165) is 6.42 Å². The Morgan fingerprint density at radius 1 is 1.26 bits per heavy atom. The van der Waals surface area contributed by atoms with Crippen molar-refractivity contribution in [1.82, 2.24) is 5.32 Å². The Bertz CT molecular complexity index is 276. The Hall–Kier alpha value is -0.290. The van der Waals surface area contributed by atoms with Gasteiger partial charge in [-0.25, -0.2) is 0 Å². The first kappa shape index (κ1) is 16.8. The van der Waals surface area contributed by atoms with Crippen LogP contribution in [0.3, 0.4) is 0 Å². The van der Waals surface area contributed by atoms with Crippen LogP contribution in [0.5, 0.6) is 0 Å². The zero-order valence-electron chi connectivity index (χ0n) is 12.1. The third-order valence-corrected chi connectivity index (χ3v) is 3.76. The van der Waals surface area contributed by atoms with Gasteiger partial charge in [0.05, 0.1) is 11.5 Å². The highest BCUT2D eigenvalue weighted by Gasteiger charge is 2.42. The highest BCUT2D eigenvalue weighted by Crippen LogP contribution is 2.37. The van der Waals surface area contributed by atoms with Gasteiger partial charge in [0.1, 0.15) is 0 Å². The molecule has 0 aromatic rings. The number of nitrogens with one attached hydrogen (secondary N) is 1. The van der Waals surface area contributed by atoms with Crippen molar-refractivity contribution in [3.63, 3.8) is 0 Å².